The van der Waals surface area contributed by atoms with E-state index in [0.29, 0.717) is 66.4 Å². The average molecular weight is 1280 g/mol. The summed E-state index contributed by atoms with van der Waals surface area (Å²) in [5.74, 6) is -2.98. The number of carbonyl (C=O) groups excluding carboxylic acids is 5. The lowest BCUT2D eigenvalue weighted by Gasteiger charge is -2.73. The Hall–Kier alpha value is -6.31. The van der Waals surface area contributed by atoms with E-state index in [0.717, 1.165) is 99.2 Å². The predicted octanol–water partition coefficient (Wildman–Crippen LogP) is 9.18. The quantitative estimate of drug-likeness (QED) is 0.0222. The molecule has 3 saturated carbocycles. The zero-order valence-electron chi connectivity index (χ0n) is 50.8. The Bertz CT molecular complexity index is 3610. The minimum Gasteiger partial charge on any atom is -0.384 e. The number of anilines is 3. The Morgan fingerprint density at radius 2 is 1.46 bits per heavy atom. The van der Waals surface area contributed by atoms with Gasteiger partial charge in [-0.25, -0.2) is 21.6 Å². The molecular weight excluding hydrogens is 1200 g/mol. The maximum atomic E-state index is 14.5. The maximum Gasteiger partial charge on any atom is 0.501 e. The smallest absolute Gasteiger partial charge is 0.384 e. The molecule has 478 valence electrons. The number of nitrogens with one attached hydrogen (secondary N) is 4. The molecular formula is C65H80F3N9O9S3. The monoisotopic (exact) mass is 1280 g/mol. The molecule has 18 nitrogen and oxygen atoms in total. The van der Waals surface area contributed by atoms with Crippen molar-refractivity contribution in [2.75, 3.05) is 99.8 Å². The molecule has 0 aromatic heterocycles. The van der Waals surface area contributed by atoms with Crippen molar-refractivity contribution in [3.05, 3.63) is 119 Å². The first-order valence-electron chi connectivity index (χ1n) is 31.1. The number of thioether (sulfide) groups is 1. The van der Waals surface area contributed by atoms with Crippen LogP contribution in [0.25, 0.3) is 0 Å². The van der Waals surface area contributed by atoms with Crippen LogP contribution in [0.1, 0.15) is 129 Å². The highest BCUT2D eigenvalue weighted by atomic mass is 32.2. The third kappa shape index (κ3) is 13.8. The Labute approximate surface area is 524 Å². The van der Waals surface area contributed by atoms with E-state index < -0.39 is 82.5 Å². The minimum absolute atomic E-state index is 0.00288. The second-order valence-corrected chi connectivity index (χ2v) is 30.9. The molecule has 2 bridgehead atoms. The summed E-state index contributed by atoms with van der Waals surface area (Å²) in [6.45, 7) is 16.1. The number of amides is 5. The molecule has 89 heavy (non-hydrogen) atoms. The number of halogens is 3. The summed E-state index contributed by atoms with van der Waals surface area (Å²) in [6.07, 6.45) is 10.9. The van der Waals surface area contributed by atoms with Crippen LogP contribution in [0.3, 0.4) is 0 Å². The van der Waals surface area contributed by atoms with Gasteiger partial charge in [-0.15, -0.1) is 11.8 Å². The Morgan fingerprint density at radius 3 is 2.13 bits per heavy atom. The predicted molar refractivity (Wildman–Crippen MR) is 336 cm³/mol. The van der Waals surface area contributed by atoms with E-state index in [-0.39, 0.29) is 29.5 Å². The van der Waals surface area contributed by atoms with E-state index in [2.05, 4.69) is 56.3 Å². The van der Waals surface area contributed by atoms with Crippen molar-refractivity contribution in [3.8, 4) is 0 Å². The number of imide groups is 2. The lowest BCUT2D eigenvalue weighted by molar-refractivity contribution is -0.182. The summed E-state index contributed by atoms with van der Waals surface area (Å²) >= 11 is 1.43. The number of nitrogens with zero attached hydrogens (tertiary/aromatic N) is 5. The first kappa shape index (κ1) is 64.2. The van der Waals surface area contributed by atoms with Crippen LogP contribution >= 0.6 is 11.8 Å². The van der Waals surface area contributed by atoms with Gasteiger partial charge in [-0.1, -0.05) is 62.6 Å². The fourth-order valence-electron chi connectivity index (χ4n) is 14.4. The Morgan fingerprint density at radius 1 is 0.775 bits per heavy atom. The molecule has 4 aromatic rings. The first-order valence-corrected chi connectivity index (χ1v) is 35.1. The van der Waals surface area contributed by atoms with Crippen molar-refractivity contribution in [1.29, 1.82) is 0 Å². The average Bonchev–Trinajstić information content (AvgIpc) is 1.16. The molecule has 2 atom stereocenters. The molecule has 24 heteroatoms. The number of piperazine rings is 2. The van der Waals surface area contributed by atoms with Gasteiger partial charge in [0.2, 0.25) is 11.8 Å². The number of hydrogen-bond donors (Lipinski definition) is 4. The van der Waals surface area contributed by atoms with Crippen LogP contribution in [-0.2, 0) is 29.4 Å². The number of piperidine rings is 1. The SMILES string of the molecule is CCC12CC(C3=C(CN4CCN(c5ccc(C(=O)NS(=O)(=O)c6ccc(N[C@H](CCN7CCN(CCCCNc8cccc9c8C(=O)N(C8CCC(=O)NC8=O)C9=O)CC7)CSc7ccccc7)c(S(=O)(=O)C(F)(F)F)c6)cc5)CC4)CCC(C)(C)C3)(C1)C2. The molecule has 1 unspecified atom stereocenters. The van der Waals surface area contributed by atoms with Crippen LogP contribution in [-0.4, -0.2) is 168 Å². The van der Waals surface area contributed by atoms with Crippen LogP contribution in [0.15, 0.2) is 117 Å². The largest absolute Gasteiger partial charge is 0.501 e. The van der Waals surface area contributed by atoms with Crippen molar-refractivity contribution in [2.45, 2.75) is 130 Å². The van der Waals surface area contributed by atoms with Crippen LogP contribution in [0.2, 0.25) is 0 Å². The summed E-state index contributed by atoms with van der Waals surface area (Å²) < 4.78 is 99.9. The minimum atomic E-state index is -6.13. The van der Waals surface area contributed by atoms with Crippen LogP contribution in [0.5, 0.6) is 0 Å². The van der Waals surface area contributed by atoms with Gasteiger partial charge in [-0.05, 0) is 154 Å². The standard InChI is InChI=1S/C65H80F3N9O9S3/c1-4-63-41-64(42-63,43-63)51-38-62(2,3)25-23-45(51)39-75-33-35-76(36-34-75)47-17-15-44(16-18-47)58(79)72-89(85,86)49-19-20-52(55(37-49)88(83,84)65(66,67)68)70-46(40-87-48-11-6-5-7-12-48)24-28-74-31-29-73(30-32-74)27-9-8-26-69-53-14-10-13-50-57(53)61(82)77(60(50)81)54-21-22-56(78)71-59(54)80/h5-7,10-20,37,46,54,69-70H,4,8-9,21-36,38-43H2,1-3H3,(H,72,79)(H,71,78,80)/t46-,54?,63?,64?/m1/s1. The zero-order valence-corrected chi connectivity index (χ0v) is 53.2. The molecule has 4 aliphatic carbocycles. The highest BCUT2D eigenvalue weighted by Crippen LogP contribution is 2.79. The molecule has 0 spiro atoms. The second kappa shape index (κ2) is 25.8. The van der Waals surface area contributed by atoms with Crippen molar-refractivity contribution >= 4 is 78.2 Å². The highest BCUT2D eigenvalue weighted by molar-refractivity contribution is 7.99. The van der Waals surface area contributed by atoms with Gasteiger partial charge in [0.1, 0.15) is 10.9 Å². The molecule has 3 saturated heterocycles. The van der Waals surface area contributed by atoms with Gasteiger partial charge in [0.25, 0.3) is 37.6 Å². The molecule has 6 fully saturated rings. The van der Waals surface area contributed by atoms with Gasteiger partial charge in [-0.3, -0.25) is 39.1 Å². The summed E-state index contributed by atoms with van der Waals surface area (Å²) in [5.41, 5.74) is 0.271. The summed E-state index contributed by atoms with van der Waals surface area (Å²) in [6, 6.07) is 21.6. The molecule has 8 aliphatic rings. The number of carbonyl (C=O) groups is 5. The molecule has 12 rings (SSSR count). The van der Waals surface area contributed by atoms with Gasteiger partial charge in [0.15, 0.2) is 0 Å². The number of unbranched alkanes of at least 4 members (excludes halogenated alkanes) is 1. The lowest BCUT2D eigenvalue weighted by atomic mass is 9.31. The fraction of sp³-hybridized carbons (Fsp3) is 0.523. The number of rotatable bonds is 24. The maximum absolute atomic E-state index is 14.5. The molecule has 4 heterocycles. The normalized spacial score (nSPS) is 23.8. The van der Waals surface area contributed by atoms with Gasteiger partial charge in [0, 0.05) is 112 Å². The zero-order chi connectivity index (χ0) is 63.1. The van der Waals surface area contributed by atoms with Gasteiger partial charge >= 0.3 is 5.51 Å². The number of alkyl halides is 3. The van der Waals surface area contributed by atoms with Crippen LogP contribution in [0.4, 0.5) is 30.2 Å². The Kier molecular flexibility index (Phi) is 18.6. The van der Waals surface area contributed by atoms with E-state index in [1.165, 1.54) is 62.4 Å². The summed E-state index contributed by atoms with van der Waals surface area (Å²) in [5, 5.41) is 8.56. The molecule has 4 aliphatic heterocycles. The lowest BCUT2D eigenvalue weighted by Crippen LogP contribution is -2.63. The number of benzene rings is 4. The van der Waals surface area contributed by atoms with Crippen molar-refractivity contribution in [1.82, 2.24) is 29.6 Å². The first-order chi connectivity index (χ1) is 42.4. The molecule has 0 radical (unpaired) electrons. The van der Waals surface area contributed by atoms with Crippen molar-refractivity contribution < 1.29 is 54.0 Å². The van der Waals surface area contributed by atoms with Crippen LogP contribution < -0.4 is 25.6 Å². The second-order valence-electron chi connectivity index (χ2n) is 26.2. The van der Waals surface area contributed by atoms with Gasteiger partial charge < -0.3 is 25.3 Å². The fourth-order valence-corrected chi connectivity index (χ4v) is 17.5. The van der Waals surface area contributed by atoms with E-state index in [1.54, 1.807) is 41.5 Å². The number of allylic oxidation sites excluding steroid dienone is 1. The summed E-state index contributed by atoms with van der Waals surface area (Å²) in [7, 11) is -11.0. The number of sulfone groups is 1. The van der Waals surface area contributed by atoms with Gasteiger partial charge in [0.05, 0.1) is 21.7 Å². The molecule has 5 amide bonds. The Balaban J connectivity index is 0.677. The third-order valence-corrected chi connectivity index (χ3v) is 23.6. The van der Waals surface area contributed by atoms with Crippen molar-refractivity contribution in [2.24, 2.45) is 16.2 Å². The van der Waals surface area contributed by atoms with E-state index >= 15 is 0 Å². The number of fused-ring (bicyclic) bond motifs is 1. The third-order valence-electron chi connectivity index (χ3n) is 19.6. The summed E-state index contributed by atoms with van der Waals surface area (Å²) in [4.78, 5) is 73.7. The van der Waals surface area contributed by atoms with E-state index in [4.69, 9.17) is 0 Å². The molecule has 4 aromatic carbocycles. The topological polar surface area (TPSA) is 218 Å². The van der Waals surface area contributed by atoms with Gasteiger partial charge in [-0.2, -0.15) is 13.2 Å². The van der Waals surface area contributed by atoms with Crippen LogP contribution in [0, 0.1) is 16.2 Å². The highest BCUT2D eigenvalue weighted by Gasteiger charge is 2.68. The molecule has 4 N–H and O–H groups in total. The van der Waals surface area contributed by atoms with E-state index in [1.807, 2.05) is 35.1 Å². The van der Waals surface area contributed by atoms with E-state index in [9.17, 15) is 54.0 Å². The number of hydrogen-bond acceptors (Lipinski definition) is 16. The number of sulfonamides is 1. The van der Waals surface area contributed by atoms with Crippen molar-refractivity contribution in [3.63, 3.8) is 0 Å².